The minimum Gasteiger partial charge on any atom is -0.507 e. The van der Waals surface area contributed by atoms with Gasteiger partial charge in [0.05, 0.1) is 18.2 Å². The van der Waals surface area contributed by atoms with Crippen LogP contribution in [0.25, 0.3) is 5.76 Å². The number of amides is 1. The molecule has 3 N–H and O–H groups in total. The zero-order valence-corrected chi connectivity index (χ0v) is 16.8. The lowest BCUT2D eigenvalue weighted by atomic mass is 9.95. The van der Waals surface area contributed by atoms with Gasteiger partial charge in [0.2, 0.25) is 0 Å². The summed E-state index contributed by atoms with van der Waals surface area (Å²) in [5, 5.41) is 23.3. The van der Waals surface area contributed by atoms with E-state index in [2.05, 4.69) is 5.32 Å². The van der Waals surface area contributed by atoms with E-state index in [0.29, 0.717) is 23.7 Å². The lowest BCUT2D eigenvalue weighted by Gasteiger charge is -2.25. The molecule has 0 bridgehead atoms. The number of hydrogen-bond acceptors (Lipinski definition) is 5. The third-order valence-electron chi connectivity index (χ3n) is 4.87. The van der Waals surface area contributed by atoms with Gasteiger partial charge in [-0.15, -0.1) is 0 Å². The monoisotopic (exact) mass is 414 g/mol. The zero-order valence-electron chi connectivity index (χ0n) is 16.1. The van der Waals surface area contributed by atoms with Crippen molar-refractivity contribution in [1.82, 2.24) is 10.2 Å². The molecule has 1 saturated heterocycles. The summed E-state index contributed by atoms with van der Waals surface area (Å²) < 4.78 is 0. The molecule has 0 saturated carbocycles. The molecule has 1 aliphatic rings. The van der Waals surface area contributed by atoms with Crippen LogP contribution in [0, 0.1) is 6.92 Å². The molecule has 1 amide bonds. The first-order chi connectivity index (χ1) is 13.9. The zero-order chi connectivity index (χ0) is 21.0. The van der Waals surface area contributed by atoms with E-state index in [1.165, 1.54) is 4.90 Å². The van der Waals surface area contributed by atoms with Gasteiger partial charge < -0.3 is 20.4 Å². The number of hydrogen-bond donors (Lipinski definition) is 3. The van der Waals surface area contributed by atoms with E-state index in [1.807, 2.05) is 31.2 Å². The van der Waals surface area contributed by atoms with E-state index >= 15 is 0 Å². The maximum atomic E-state index is 12.8. The molecular weight excluding hydrogens is 392 g/mol. The summed E-state index contributed by atoms with van der Waals surface area (Å²) in [7, 11) is 0. The number of rotatable bonds is 7. The second-order valence-electron chi connectivity index (χ2n) is 6.88. The van der Waals surface area contributed by atoms with Crippen LogP contribution >= 0.6 is 11.6 Å². The summed E-state index contributed by atoms with van der Waals surface area (Å²) in [4.78, 5) is 27.1. The highest BCUT2D eigenvalue weighted by molar-refractivity contribution is 6.46. The second-order valence-corrected chi connectivity index (χ2v) is 7.32. The fourth-order valence-electron chi connectivity index (χ4n) is 3.37. The highest BCUT2D eigenvalue weighted by Gasteiger charge is 2.45. The Hall–Kier alpha value is -2.67. The number of carbonyl (C=O) groups excluding carboxylic acids is 2. The first kappa shape index (κ1) is 21.0. The molecule has 1 unspecified atom stereocenters. The highest BCUT2D eigenvalue weighted by atomic mass is 35.5. The number of aliphatic hydroxyl groups is 2. The molecule has 7 heteroatoms. The maximum Gasteiger partial charge on any atom is 0.295 e. The Balaban J connectivity index is 2.05. The van der Waals surface area contributed by atoms with E-state index in [4.69, 9.17) is 16.7 Å². The van der Waals surface area contributed by atoms with Gasteiger partial charge >= 0.3 is 0 Å². The van der Waals surface area contributed by atoms with Crippen molar-refractivity contribution >= 4 is 29.1 Å². The lowest BCUT2D eigenvalue weighted by molar-refractivity contribution is -0.139. The topological polar surface area (TPSA) is 89.9 Å². The van der Waals surface area contributed by atoms with Gasteiger partial charge in [-0.2, -0.15) is 0 Å². The standard InChI is InChI=1S/C22H23ClN2O4/c1-14-2-4-15(5-3-14)19-18(20(27)16-6-8-17(23)9-7-16)21(28)22(29)25(19)12-10-24-11-13-26/h2-9,19,24,26-27H,10-13H2,1H3/b20-18+. The molecule has 0 radical (unpaired) electrons. The van der Waals surface area contributed by atoms with Crippen LogP contribution in [0.15, 0.2) is 54.1 Å². The van der Waals surface area contributed by atoms with Gasteiger partial charge in [-0.25, -0.2) is 0 Å². The van der Waals surface area contributed by atoms with Crippen molar-refractivity contribution in [3.8, 4) is 0 Å². The van der Waals surface area contributed by atoms with Crippen LogP contribution in [0.4, 0.5) is 0 Å². The van der Waals surface area contributed by atoms with Crippen LogP contribution < -0.4 is 5.32 Å². The van der Waals surface area contributed by atoms with Crippen LogP contribution in [-0.2, 0) is 9.59 Å². The molecule has 2 aromatic rings. The van der Waals surface area contributed by atoms with Crippen LogP contribution in [-0.4, -0.2) is 53.0 Å². The van der Waals surface area contributed by atoms with Gasteiger partial charge in [-0.05, 0) is 36.8 Å². The SMILES string of the molecule is Cc1ccc(C2/C(=C(\O)c3ccc(Cl)cc3)C(=O)C(=O)N2CCNCCO)cc1. The van der Waals surface area contributed by atoms with E-state index < -0.39 is 17.7 Å². The number of carbonyl (C=O) groups is 2. The smallest absolute Gasteiger partial charge is 0.295 e. The molecule has 3 rings (SSSR count). The molecule has 0 spiro atoms. The minimum atomic E-state index is -0.717. The number of benzene rings is 2. The third-order valence-corrected chi connectivity index (χ3v) is 5.12. The first-order valence-corrected chi connectivity index (χ1v) is 9.74. The summed E-state index contributed by atoms with van der Waals surface area (Å²) in [6.07, 6.45) is 0. The molecule has 2 aromatic carbocycles. The molecule has 1 heterocycles. The van der Waals surface area contributed by atoms with E-state index in [0.717, 1.165) is 11.1 Å². The quantitative estimate of drug-likeness (QED) is 0.280. The molecular formula is C22H23ClN2O4. The lowest BCUT2D eigenvalue weighted by Crippen LogP contribution is -2.36. The summed E-state index contributed by atoms with van der Waals surface area (Å²) in [6, 6.07) is 13.3. The van der Waals surface area contributed by atoms with Crippen molar-refractivity contribution < 1.29 is 19.8 Å². The number of nitrogens with zero attached hydrogens (tertiary/aromatic N) is 1. The van der Waals surface area contributed by atoms with E-state index in [1.54, 1.807) is 24.3 Å². The number of likely N-dealkylation sites (tertiary alicyclic amines) is 1. The molecule has 0 aliphatic carbocycles. The van der Waals surface area contributed by atoms with Crippen LogP contribution in [0.3, 0.4) is 0 Å². The number of aliphatic hydroxyl groups excluding tert-OH is 2. The largest absolute Gasteiger partial charge is 0.507 e. The molecule has 1 atom stereocenters. The van der Waals surface area contributed by atoms with Crippen molar-refractivity contribution in [3.05, 3.63) is 75.8 Å². The van der Waals surface area contributed by atoms with Crippen molar-refractivity contribution in [3.63, 3.8) is 0 Å². The molecule has 0 aromatic heterocycles. The fourth-order valence-corrected chi connectivity index (χ4v) is 3.50. The van der Waals surface area contributed by atoms with Gasteiger partial charge in [0.15, 0.2) is 0 Å². The van der Waals surface area contributed by atoms with Gasteiger partial charge in [0, 0.05) is 30.2 Å². The van der Waals surface area contributed by atoms with E-state index in [-0.39, 0.29) is 24.5 Å². The van der Waals surface area contributed by atoms with Gasteiger partial charge in [-0.1, -0.05) is 41.4 Å². The number of nitrogens with one attached hydrogen (secondary N) is 1. The summed E-state index contributed by atoms with van der Waals surface area (Å²) in [5.41, 5.74) is 2.27. The second kappa shape index (κ2) is 9.22. The van der Waals surface area contributed by atoms with Gasteiger partial charge in [-0.3, -0.25) is 9.59 Å². The Morgan fingerprint density at radius 3 is 2.34 bits per heavy atom. The van der Waals surface area contributed by atoms with Crippen molar-refractivity contribution in [2.45, 2.75) is 13.0 Å². The van der Waals surface area contributed by atoms with Crippen molar-refractivity contribution in [2.75, 3.05) is 26.2 Å². The molecule has 1 fully saturated rings. The van der Waals surface area contributed by atoms with Gasteiger partial charge in [0.25, 0.3) is 11.7 Å². The molecule has 152 valence electrons. The predicted octanol–water partition coefficient (Wildman–Crippen LogP) is 2.65. The maximum absolute atomic E-state index is 12.8. The summed E-state index contributed by atoms with van der Waals surface area (Å²) in [5.74, 6) is -1.60. The number of halogens is 1. The fraction of sp³-hybridized carbons (Fsp3) is 0.273. The Morgan fingerprint density at radius 2 is 1.72 bits per heavy atom. The predicted molar refractivity (Wildman–Crippen MR) is 112 cm³/mol. The molecule has 1 aliphatic heterocycles. The third kappa shape index (κ3) is 4.50. The van der Waals surface area contributed by atoms with Crippen molar-refractivity contribution in [1.29, 1.82) is 0 Å². The highest BCUT2D eigenvalue weighted by Crippen LogP contribution is 2.39. The van der Waals surface area contributed by atoms with Crippen LogP contribution in [0.5, 0.6) is 0 Å². The first-order valence-electron chi connectivity index (χ1n) is 9.36. The molecule has 29 heavy (non-hydrogen) atoms. The Bertz CT molecular complexity index is 923. The normalized spacial score (nSPS) is 18.4. The van der Waals surface area contributed by atoms with Crippen molar-refractivity contribution in [2.24, 2.45) is 0 Å². The van der Waals surface area contributed by atoms with Crippen LogP contribution in [0.2, 0.25) is 5.02 Å². The van der Waals surface area contributed by atoms with Gasteiger partial charge in [0.1, 0.15) is 5.76 Å². The average molecular weight is 415 g/mol. The molecule has 6 nitrogen and oxygen atoms in total. The minimum absolute atomic E-state index is 0.0171. The number of aryl methyl sites for hydroxylation is 1. The number of ketones is 1. The van der Waals surface area contributed by atoms with E-state index in [9.17, 15) is 14.7 Å². The Kier molecular flexibility index (Phi) is 6.69. The number of Topliss-reactive ketones (excluding diaryl/α,β-unsaturated/α-hetero) is 1. The average Bonchev–Trinajstić information content (AvgIpc) is 2.96. The Labute approximate surface area is 174 Å². The van der Waals surface area contributed by atoms with Crippen LogP contribution in [0.1, 0.15) is 22.7 Å². The summed E-state index contributed by atoms with van der Waals surface area (Å²) in [6.45, 7) is 3.01. The summed E-state index contributed by atoms with van der Waals surface area (Å²) >= 11 is 5.92. The Morgan fingerprint density at radius 1 is 1.07 bits per heavy atom.